The molecule has 0 bridgehead atoms. The SMILES string of the molecule is Cc1cc(C)c(C(=O)CCN)c(C)c1. The summed E-state index contributed by atoms with van der Waals surface area (Å²) in [7, 11) is 0. The van der Waals surface area contributed by atoms with E-state index >= 15 is 0 Å². The lowest BCUT2D eigenvalue weighted by Crippen LogP contribution is -2.11. The quantitative estimate of drug-likeness (QED) is 0.744. The molecule has 2 heteroatoms. The number of benzene rings is 1. The fourth-order valence-corrected chi connectivity index (χ4v) is 1.88. The third-order valence-corrected chi connectivity index (χ3v) is 2.33. The molecule has 0 amide bonds. The molecule has 0 aliphatic rings. The molecule has 0 aromatic heterocycles. The molecule has 0 heterocycles. The van der Waals surface area contributed by atoms with Gasteiger partial charge >= 0.3 is 0 Å². The fraction of sp³-hybridized carbons (Fsp3) is 0.417. The minimum atomic E-state index is 0.155. The van der Waals surface area contributed by atoms with Crippen LogP contribution in [0.2, 0.25) is 0 Å². The van der Waals surface area contributed by atoms with Crippen LogP contribution in [0.15, 0.2) is 12.1 Å². The molecule has 76 valence electrons. The maximum absolute atomic E-state index is 11.7. The predicted octanol–water partition coefficient (Wildman–Crippen LogP) is 2.14. The molecule has 2 nitrogen and oxygen atoms in total. The molecule has 0 radical (unpaired) electrons. The van der Waals surface area contributed by atoms with Crippen LogP contribution in [-0.2, 0) is 0 Å². The van der Waals surface area contributed by atoms with E-state index < -0.39 is 0 Å². The van der Waals surface area contributed by atoms with Gasteiger partial charge in [-0.25, -0.2) is 0 Å². The average molecular weight is 191 g/mol. The lowest BCUT2D eigenvalue weighted by atomic mass is 9.95. The van der Waals surface area contributed by atoms with Gasteiger partial charge in [0.25, 0.3) is 0 Å². The smallest absolute Gasteiger partial charge is 0.164 e. The van der Waals surface area contributed by atoms with E-state index in [9.17, 15) is 4.79 Å². The van der Waals surface area contributed by atoms with Gasteiger partial charge in [0.2, 0.25) is 0 Å². The largest absolute Gasteiger partial charge is 0.330 e. The van der Waals surface area contributed by atoms with Gasteiger partial charge in [0.15, 0.2) is 5.78 Å². The number of carbonyl (C=O) groups is 1. The zero-order valence-electron chi connectivity index (χ0n) is 9.05. The predicted molar refractivity (Wildman–Crippen MR) is 58.7 cm³/mol. The Balaban J connectivity index is 3.14. The van der Waals surface area contributed by atoms with E-state index in [0.717, 1.165) is 16.7 Å². The Labute approximate surface area is 85.1 Å². The minimum Gasteiger partial charge on any atom is -0.330 e. The molecule has 0 saturated heterocycles. The van der Waals surface area contributed by atoms with Crippen molar-refractivity contribution in [2.45, 2.75) is 27.2 Å². The van der Waals surface area contributed by atoms with Gasteiger partial charge in [-0.05, 0) is 38.4 Å². The first-order valence-corrected chi connectivity index (χ1v) is 4.87. The van der Waals surface area contributed by atoms with Crippen LogP contribution in [0.4, 0.5) is 0 Å². The molecular formula is C12H17NO. The van der Waals surface area contributed by atoms with E-state index in [-0.39, 0.29) is 5.78 Å². The average Bonchev–Trinajstić information content (AvgIpc) is 2.01. The van der Waals surface area contributed by atoms with Crippen LogP contribution in [0, 0.1) is 20.8 Å². The summed E-state index contributed by atoms with van der Waals surface area (Å²) in [6.45, 7) is 6.41. The van der Waals surface area contributed by atoms with Gasteiger partial charge in [-0.3, -0.25) is 4.79 Å². The molecule has 0 saturated carbocycles. The molecule has 0 atom stereocenters. The zero-order chi connectivity index (χ0) is 10.7. The number of nitrogens with two attached hydrogens (primary N) is 1. The number of hydrogen-bond donors (Lipinski definition) is 1. The van der Waals surface area contributed by atoms with Gasteiger partial charge in [0, 0.05) is 12.0 Å². The van der Waals surface area contributed by atoms with Gasteiger partial charge in [0.1, 0.15) is 0 Å². The zero-order valence-corrected chi connectivity index (χ0v) is 9.05. The van der Waals surface area contributed by atoms with Crippen molar-refractivity contribution in [1.82, 2.24) is 0 Å². The Bertz CT molecular complexity index is 332. The van der Waals surface area contributed by atoms with Crippen LogP contribution >= 0.6 is 0 Å². The molecule has 1 rings (SSSR count). The van der Waals surface area contributed by atoms with Crippen molar-refractivity contribution in [3.05, 3.63) is 34.4 Å². The highest BCUT2D eigenvalue weighted by Gasteiger charge is 2.11. The summed E-state index contributed by atoms with van der Waals surface area (Å²) in [6, 6.07) is 4.08. The van der Waals surface area contributed by atoms with E-state index in [1.165, 1.54) is 5.56 Å². The van der Waals surface area contributed by atoms with Crippen molar-refractivity contribution in [3.63, 3.8) is 0 Å². The van der Waals surface area contributed by atoms with Gasteiger partial charge < -0.3 is 5.73 Å². The molecule has 2 N–H and O–H groups in total. The van der Waals surface area contributed by atoms with Crippen LogP contribution in [-0.4, -0.2) is 12.3 Å². The Morgan fingerprint density at radius 2 is 1.71 bits per heavy atom. The van der Waals surface area contributed by atoms with Gasteiger partial charge in [-0.1, -0.05) is 17.7 Å². The van der Waals surface area contributed by atoms with Crippen molar-refractivity contribution < 1.29 is 4.79 Å². The summed E-state index contributed by atoms with van der Waals surface area (Å²) in [5.74, 6) is 0.155. The molecule has 0 unspecified atom stereocenters. The first kappa shape index (κ1) is 10.9. The fourth-order valence-electron chi connectivity index (χ4n) is 1.88. The highest BCUT2D eigenvalue weighted by molar-refractivity contribution is 5.98. The Hall–Kier alpha value is -1.15. The Kier molecular flexibility index (Phi) is 3.42. The van der Waals surface area contributed by atoms with E-state index in [2.05, 4.69) is 0 Å². The monoisotopic (exact) mass is 191 g/mol. The number of ketones is 1. The maximum Gasteiger partial charge on any atom is 0.164 e. The first-order valence-electron chi connectivity index (χ1n) is 4.87. The third kappa shape index (κ3) is 2.20. The Morgan fingerprint density at radius 3 is 2.14 bits per heavy atom. The first-order chi connectivity index (χ1) is 6.56. The number of Topliss-reactive ketones (excluding diaryl/α,β-unsaturated/α-hetero) is 1. The second kappa shape index (κ2) is 4.38. The van der Waals surface area contributed by atoms with Gasteiger partial charge in [-0.15, -0.1) is 0 Å². The molecule has 1 aromatic rings. The van der Waals surface area contributed by atoms with Crippen molar-refractivity contribution in [1.29, 1.82) is 0 Å². The molecule has 1 aromatic carbocycles. The summed E-state index contributed by atoms with van der Waals surface area (Å²) in [5, 5.41) is 0. The van der Waals surface area contributed by atoms with Crippen molar-refractivity contribution in [2.24, 2.45) is 5.73 Å². The molecule has 0 spiro atoms. The van der Waals surface area contributed by atoms with Crippen LogP contribution in [0.25, 0.3) is 0 Å². The summed E-state index contributed by atoms with van der Waals surface area (Å²) in [5.41, 5.74) is 9.54. The van der Waals surface area contributed by atoms with Crippen LogP contribution < -0.4 is 5.73 Å². The van der Waals surface area contributed by atoms with Crippen LogP contribution in [0.3, 0.4) is 0 Å². The summed E-state index contributed by atoms with van der Waals surface area (Å²) in [4.78, 5) is 11.7. The number of rotatable bonds is 3. The number of hydrogen-bond acceptors (Lipinski definition) is 2. The lowest BCUT2D eigenvalue weighted by molar-refractivity contribution is 0.0984. The normalized spacial score (nSPS) is 10.3. The lowest BCUT2D eigenvalue weighted by Gasteiger charge is -2.09. The molecule has 0 aliphatic carbocycles. The number of carbonyl (C=O) groups excluding carboxylic acids is 1. The second-order valence-corrected chi connectivity index (χ2v) is 3.74. The third-order valence-electron chi connectivity index (χ3n) is 2.33. The van der Waals surface area contributed by atoms with E-state index in [1.54, 1.807) is 0 Å². The van der Waals surface area contributed by atoms with E-state index in [4.69, 9.17) is 5.73 Å². The summed E-state index contributed by atoms with van der Waals surface area (Å²) < 4.78 is 0. The maximum atomic E-state index is 11.7. The molecule has 14 heavy (non-hydrogen) atoms. The minimum absolute atomic E-state index is 0.155. The highest BCUT2D eigenvalue weighted by Crippen LogP contribution is 2.17. The van der Waals surface area contributed by atoms with E-state index in [0.29, 0.717) is 13.0 Å². The van der Waals surface area contributed by atoms with Crippen LogP contribution in [0.1, 0.15) is 33.5 Å². The highest BCUT2D eigenvalue weighted by atomic mass is 16.1. The Morgan fingerprint density at radius 1 is 1.21 bits per heavy atom. The second-order valence-electron chi connectivity index (χ2n) is 3.74. The van der Waals surface area contributed by atoms with Crippen LogP contribution in [0.5, 0.6) is 0 Å². The van der Waals surface area contributed by atoms with Gasteiger partial charge in [-0.2, -0.15) is 0 Å². The topological polar surface area (TPSA) is 43.1 Å². The standard InChI is InChI=1S/C12H17NO/c1-8-6-9(2)12(10(3)7-8)11(14)4-5-13/h6-7H,4-5,13H2,1-3H3. The van der Waals surface area contributed by atoms with Crippen molar-refractivity contribution in [3.8, 4) is 0 Å². The van der Waals surface area contributed by atoms with Gasteiger partial charge in [0.05, 0.1) is 0 Å². The molecule has 0 fully saturated rings. The molecule has 0 aliphatic heterocycles. The number of aryl methyl sites for hydroxylation is 3. The van der Waals surface area contributed by atoms with Crippen molar-refractivity contribution >= 4 is 5.78 Å². The van der Waals surface area contributed by atoms with E-state index in [1.807, 2.05) is 32.9 Å². The summed E-state index contributed by atoms with van der Waals surface area (Å²) in [6.07, 6.45) is 0.435. The summed E-state index contributed by atoms with van der Waals surface area (Å²) >= 11 is 0. The van der Waals surface area contributed by atoms with Crippen molar-refractivity contribution in [2.75, 3.05) is 6.54 Å². The molecular weight excluding hydrogens is 174 g/mol.